The molecule has 0 aliphatic carbocycles. The fourth-order valence-corrected chi connectivity index (χ4v) is 3.26. The molecule has 2 nitrogen and oxygen atoms in total. The Kier molecular flexibility index (Phi) is 6.10. The minimum atomic E-state index is 0.657. The van der Waals surface area contributed by atoms with Gasteiger partial charge in [0.1, 0.15) is 5.69 Å². The summed E-state index contributed by atoms with van der Waals surface area (Å²) in [5, 5.41) is 0.657. The van der Waals surface area contributed by atoms with Crippen LogP contribution in [0.25, 0.3) is 5.57 Å². The minimum absolute atomic E-state index is 0.657. The lowest BCUT2D eigenvalue weighted by Gasteiger charge is -2.17. The molecule has 27 heavy (non-hydrogen) atoms. The number of hydrogen-bond donors (Lipinski definition) is 0. The van der Waals surface area contributed by atoms with E-state index in [0.29, 0.717) is 5.16 Å². The highest BCUT2D eigenvalue weighted by molar-refractivity contribution is 6.36. The summed E-state index contributed by atoms with van der Waals surface area (Å²) in [6.07, 6.45) is 2.00. The van der Waals surface area contributed by atoms with E-state index in [1.807, 2.05) is 66.3 Å². The predicted molar refractivity (Wildman–Crippen MR) is 117 cm³/mol. The Balaban J connectivity index is 2.23. The van der Waals surface area contributed by atoms with Crippen LogP contribution in [-0.4, -0.2) is 25.0 Å². The lowest BCUT2D eigenvalue weighted by molar-refractivity contribution is -0.460. The molecular weight excluding hydrogens is 352 g/mol. The van der Waals surface area contributed by atoms with Crippen molar-refractivity contribution in [1.29, 1.82) is 0 Å². The molecule has 0 bridgehead atoms. The fraction of sp³-hybridized carbons (Fsp3) is 0.125. The molecule has 0 saturated carbocycles. The Bertz CT molecular complexity index is 897. The maximum atomic E-state index is 7.05. The van der Waals surface area contributed by atoms with Gasteiger partial charge in [0.25, 0.3) is 0 Å². The quantitative estimate of drug-likeness (QED) is 0.238. The Morgan fingerprint density at radius 2 is 1.26 bits per heavy atom. The smallest absolute Gasteiger partial charge is 0.244 e. The fourth-order valence-electron chi connectivity index (χ4n) is 2.90. The van der Waals surface area contributed by atoms with E-state index in [0.717, 1.165) is 22.4 Å². The summed E-state index contributed by atoms with van der Waals surface area (Å²) in [6, 6.07) is 28.9. The van der Waals surface area contributed by atoms with E-state index < -0.39 is 0 Å². The van der Waals surface area contributed by atoms with Crippen LogP contribution < -0.4 is 4.90 Å². The molecule has 0 aliphatic heterocycles. The average Bonchev–Trinajstić information content (AvgIpc) is 2.68. The van der Waals surface area contributed by atoms with Crippen LogP contribution in [0, 0.1) is 6.92 Å². The Labute approximate surface area is 166 Å². The first-order valence-corrected chi connectivity index (χ1v) is 9.32. The lowest BCUT2D eigenvalue weighted by atomic mass is 9.98. The van der Waals surface area contributed by atoms with Crippen molar-refractivity contribution < 1.29 is 4.58 Å². The highest BCUT2D eigenvalue weighted by Crippen LogP contribution is 2.32. The van der Waals surface area contributed by atoms with Gasteiger partial charge in [-0.05, 0) is 41.8 Å². The van der Waals surface area contributed by atoms with Gasteiger partial charge in [-0.15, -0.1) is 0 Å². The van der Waals surface area contributed by atoms with E-state index in [1.54, 1.807) is 0 Å². The number of rotatable bonds is 5. The molecule has 3 aromatic carbocycles. The van der Waals surface area contributed by atoms with Crippen molar-refractivity contribution in [3.63, 3.8) is 0 Å². The van der Waals surface area contributed by atoms with Gasteiger partial charge in [-0.3, -0.25) is 4.58 Å². The van der Waals surface area contributed by atoms with Gasteiger partial charge >= 0.3 is 0 Å². The highest BCUT2D eigenvalue weighted by Gasteiger charge is 2.22. The van der Waals surface area contributed by atoms with Crippen molar-refractivity contribution >= 4 is 29.2 Å². The number of anilines is 1. The molecule has 0 atom stereocenters. The normalized spacial score (nSPS) is 10.2. The molecule has 0 spiro atoms. The van der Waals surface area contributed by atoms with Gasteiger partial charge in [-0.25, -0.2) is 0 Å². The van der Waals surface area contributed by atoms with Gasteiger partial charge in [-0.2, -0.15) is 4.90 Å². The molecule has 136 valence electrons. The average molecular weight is 376 g/mol. The summed E-state index contributed by atoms with van der Waals surface area (Å²) in [5.74, 6) is 0. The minimum Gasteiger partial charge on any atom is -0.273 e. The second-order valence-corrected chi connectivity index (χ2v) is 7.04. The Hall–Kier alpha value is -2.84. The number of aryl methyl sites for hydroxylation is 1. The molecule has 0 heterocycles. The second kappa shape index (κ2) is 8.70. The van der Waals surface area contributed by atoms with Gasteiger partial charge in [0, 0.05) is 5.57 Å². The van der Waals surface area contributed by atoms with Crippen molar-refractivity contribution in [2.45, 2.75) is 6.92 Å². The standard InChI is InChI=1S/C24H24ClN2/c1-19-14-16-22(17-15-19)27(18-26(2)3)24(25)23(20-10-6-4-7-11-20)21-12-8-5-9-13-21/h4-18H,1-3H3/q+1. The van der Waals surface area contributed by atoms with E-state index in [-0.39, 0.29) is 0 Å². The van der Waals surface area contributed by atoms with Crippen molar-refractivity contribution in [2.75, 3.05) is 19.0 Å². The molecule has 0 aliphatic rings. The number of halogens is 1. The maximum absolute atomic E-state index is 7.05. The van der Waals surface area contributed by atoms with Crippen molar-refractivity contribution in [3.05, 3.63) is 107 Å². The third-order valence-corrected chi connectivity index (χ3v) is 4.57. The van der Waals surface area contributed by atoms with E-state index in [1.165, 1.54) is 5.56 Å². The van der Waals surface area contributed by atoms with Crippen molar-refractivity contribution in [3.8, 4) is 0 Å². The number of hydrogen-bond acceptors (Lipinski definition) is 0. The lowest BCUT2D eigenvalue weighted by Crippen LogP contribution is -2.24. The zero-order valence-electron chi connectivity index (χ0n) is 15.9. The second-order valence-electron chi connectivity index (χ2n) is 6.68. The molecule has 3 heteroatoms. The van der Waals surface area contributed by atoms with Crippen molar-refractivity contribution in [2.24, 2.45) is 0 Å². The van der Waals surface area contributed by atoms with Crippen LogP contribution in [0.5, 0.6) is 0 Å². The Morgan fingerprint density at radius 1 is 0.778 bits per heavy atom. The van der Waals surface area contributed by atoms with E-state index in [9.17, 15) is 0 Å². The molecule has 0 aromatic heterocycles. The molecule has 3 rings (SSSR count). The first-order valence-electron chi connectivity index (χ1n) is 8.94. The van der Waals surface area contributed by atoms with Crippen LogP contribution in [-0.2, 0) is 0 Å². The van der Waals surface area contributed by atoms with Crippen LogP contribution in [0.15, 0.2) is 90.1 Å². The molecule has 0 amide bonds. The van der Waals surface area contributed by atoms with Crippen LogP contribution in [0.2, 0.25) is 0 Å². The van der Waals surface area contributed by atoms with Crippen LogP contribution in [0.4, 0.5) is 5.69 Å². The molecular formula is C24H24ClN2+. The Morgan fingerprint density at radius 3 is 1.70 bits per heavy atom. The molecule has 0 N–H and O–H groups in total. The maximum Gasteiger partial charge on any atom is 0.244 e. The molecule has 3 aromatic rings. The SMILES string of the molecule is Cc1ccc(N(C=[N+](C)C)C(Cl)=C(c2ccccc2)c2ccccc2)cc1. The van der Waals surface area contributed by atoms with Gasteiger partial charge in [-0.1, -0.05) is 78.4 Å². The molecule has 0 radical (unpaired) electrons. The first-order chi connectivity index (χ1) is 13.1. The van der Waals surface area contributed by atoms with Crippen LogP contribution in [0.3, 0.4) is 0 Å². The number of benzene rings is 3. The summed E-state index contributed by atoms with van der Waals surface area (Å²) >= 11 is 7.05. The zero-order valence-corrected chi connectivity index (χ0v) is 16.7. The summed E-state index contributed by atoms with van der Waals surface area (Å²) in [7, 11) is 3.99. The van der Waals surface area contributed by atoms with Gasteiger partial charge in [0.05, 0.1) is 14.1 Å². The summed E-state index contributed by atoms with van der Waals surface area (Å²) in [4.78, 5) is 2.02. The monoisotopic (exact) mass is 375 g/mol. The van der Waals surface area contributed by atoms with E-state index in [2.05, 4.69) is 55.5 Å². The topological polar surface area (TPSA) is 6.25 Å². The third kappa shape index (κ3) is 4.66. The molecule has 0 unspecified atom stereocenters. The van der Waals surface area contributed by atoms with Crippen LogP contribution >= 0.6 is 11.6 Å². The zero-order chi connectivity index (χ0) is 19.2. The van der Waals surface area contributed by atoms with Gasteiger partial charge < -0.3 is 0 Å². The first kappa shape index (κ1) is 18.9. The van der Waals surface area contributed by atoms with Crippen molar-refractivity contribution in [1.82, 2.24) is 0 Å². The summed E-state index contributed by atoms with van der Waals surface area (Å²) < 4.78 is 2.00. The molecule has 0 fully saturated rings. The highest BCUT2D eigenvalue weighted by atomic mass is 35.5. The van der Waals surface area contributed by atoms with Crippen LogP contribution in [0.1, 0.15) is 16.7 Å². The predicted octanol–water partition coefficient (Wildman–Crippen LogP) is 5.76. The number of nitrogens with zero attached hydrogens (tertiary/aromatic N) is 2. The summed E-state index contributed by atoms with van der Waals surface area (Å²) in [5.41, 5.74) is 5.39. The third-order valence-electron chi connectivity index (χ3n) is 4.20. The van der Waals surface area contributed by atoms with E-state index >= 15 is 0 Å². The summed E-state index contributed by atoms with van der Waals surface area (Å²) in [6.45, 7) is 2.08. The molecule has 0 saturated heterocycles. The van der Waals surface area contributed by atoms with Gasteiger partial charge in [0.15, 0.2) is 0 Å². The largest absolute Gasteiger partial charge is 0.273 e. The van der Waals surface area contributed by atoms with Gasteiger partial charge in [0.2, 0.25) is 11.5 Å². The van der Waals surface area contributed by atoms with E-state index in [4.69, 9.17) is 11.6 Å².